The number of rotatable bonds is 16. The molecule has 8 nitrogen and oxygen atoms in total. The molecule has 2 heterocycles. The van der Waals surface area contributed by atoms with E-state index in [1.165, 1.54) is 61.0 Å². The van der Waals surface area contributed by atoms with Crippen LogP contribution in [0.2, 0.25) is 0 Å². The van der Waals surface area contributed by atoms with Gasteiger partial charge in [-0.05, 0) is 32.3 Å². The zero-order valence-electron chi connectivity index (χ0n) is 20.5. The second kappa shape index (κ2) is 13.6. The van der Waals surface area contributed by atoms with E-state index < -0.39 is 15.6 Å². The van der Waals surface area contributed by atoms with Crippen LogP contribution in [0.4, 0.5) is 11.5 Å². The van der Waals surface area contributed by atoms with Crippen LogP contribution in [0, 0.1) is 16.0 Å². The first-order chi connectivity index (χ1) is 16.1. The number of aromatic nitrogens is 2. The SMILES string of the molecule is CC(C)CCCCCCCN(CCc1csc(SC(C)(C)C(=O)O)n1)c1ccc([N+](=O)[O-])cn1. The van der Waals surface area contributed by atoms with E-state index in [2.05, 4.69) is 28.7 Å². The first kappa shape index (κ1) is 28.0. The van der Waals surface area contributed by atoms with Crippen LogP contribution in [0.5, 0.6) is 0 Å². The molecule has 0 fully saturated rings. The maximum Gasteiger partial charge on any atom is 0.319 e. The number of thiazole rings is 1. The van der Waals surface area contributed by atoms with Crippen molar-refractivity contribution >= 4 is 40.6 Å². The lowest BCUT2D eigenvalue weighted by atomic mass is 10.0. The number of unbranched alkanes of at least 4 members (excludes halogenated alkanes) is 4. The molecule has 10 heteroatoms. The summed E-state index contributed by atoms with van der Waals surface area (Å²) in [6, 6.07) is 3.20. The average Bonchev–Trinajstić information content (AvgIpc) is 3.21. The molecule has 1 N–H and O–H groups in total. The molecule has 0 saturated heterocycles. The number of nitrogens with zero attached hydrogens (tertiary/aromatic N) is 4. The molecule has 0 amide bonds. The molecule has 0 bridgehead atoms. The topological polar surface area (TPSA) is 109 Å². The number of hydrogen-bond acceptors (Lipinski definition) is 8. The average molecular weight is 509 g/mol. The van der Waals surface area contributed by atoms with Gasteiger partial charge in [-0.15, -0.1) is 11.3 Å². The molecule has 0 saturated carbocycles. The quantitative estimate of drug-likeness (QED) is 0.119. The molecule has 0 unspecified atom stereocenters. The van der Waals surface area contributed by atoms with E-state index in [4.69, 9.17) is 0 Å². The van der Waals surface area contributed by atoms with Gasteiger partial charge in [0.25, 0.3) is 5.69 Å². The zero-order valence-corrected chi connectivity index (χ0v) is 22.2. The third kappa shape index (κ3) is 9.58. The van der Waals surface area contributed by atoms with Crippen LogP contribution in [0.3, 0.4) is 0 Å². The summed E-state index contributed by atoms with van der Waals surface area (Å²) in [7, 11) is 0. The van der Waals surface area contributed by atoms with Crippen molar-refractivity contribution in [2.75, 3.05) is 18.0 Å². The van der Waals surface area contributed by atoms with Gasteiger partial charge in [0.05, 0.1) is 10.6 Å². The van der Waals surface area contributed by atoms with E-state index in [0.717, 1.165) is 41.2 Å². The Bertz CT molecular complexity index is 916. The number of carbonyl (C=O) groups is 1. The van der Waals surface area contributed by atoms with Crippen LogP contribution in [-0.4, -0.2) is 43.8 Å². The highest BCUT2D eigenvalue weighted by Crippen LogP contribution is 2.34. The number of thioether (sulfide) groups is 1. The maximum atomic E-state index is 11.4. The minimum Gasteiger partial charge on any atom is -0.480 e. The smallest absolute Gasteiger partial charge is 0.319 e. The van der Waals surface area contributed by atoms with Crippen LogP contribution < -0.4 is 4.90 Å². The van der Waals surface area contributed by atoms with Gasteiger partial charge in [-0.3, -0.25) is 14.9 Å². The summed E-state index contributed by atoms with van der Waals surface area (Å²) >= 11 is 2.71. The monoisotopic (exact) mass is 508 g/mol. The standard InChI is InChI=1S/C24H36N4O4S2/c1-18(2)10-8-6-5-7-9-14-27(21-12-11-20(16-25-21)28(31)32)15-13-19-17-33-23(26-19)34-24(3,4)22(29)30/h11-12,16-18H,5-10,13-15H2,1-4H3,(H,29,30). The lowest BCUT2D eigenvalue weighted by Gasteiger charge is -2.23. The van der Waals surface area contributed by atoms with Gasteiger partial charge in [0.15, 0.2) is 4.34 Å². The molecular weight excluding hydrogens is 472 g/mol. The van der Waals surface area contributed by atoms with Crippen molar-refractivity contribution in [1.29, 1.82) is 0 Å². The van der Waals surface area contributed by atoms with Crippen molar-refractivity contribution in [3.05, 3.63) is 39.5 Å². The van der Waals surface area contributed by atoms with Crippen LogP contribution in [0.25, 0.3) is 0 Å². The first-order valence-electron chi connectivity index (χ1n) is 11.8. The van der Waals surface area contributed by atoms with Crippen LogP contribution >= 0.6 is 23.1 Å². The molecule has 0 aliphatic carbocycles. The van der Waals surface area contributed by atoms with Crippen molar-refractivity contribution in [2.24, 2.45) is 5.92 Å². The largest absolute Gasteiger partial charge is 0.480 e. The van der Waals surface area contributed by atoms with Gasteiger partial charge in [-0.2, -0.15) is 0 Å². The van der Waals surface area contributed by atoms with Gasteiger partial charge in [0, 0.05) is 31.0 Å². The van der Waals surface area contributed by atoms with Crippen LogP contribution in [0.15, 0.2) is 28.0 Å². The fourth-order valence-corrected chi connectivity index (χ4v) is 5.59. The number of pyridine rings is 1. The lowest BCUT2D eigenvalue weighted by molar-refractivity contribution is -0.385. The Morgan fingerprint density at radius 2 is 1.91 bits per heavy atom. The second-order valence-corrected chi connectivity index (χ2v) is 12.1. The van der Waals surface area contributed by atoms with Gasteiger partial charge in [-0.25, -0.2) is 9.97 Å². The summed E-state index contributed by atoms with van der Waals surface area (Å²) in [5.41, 5.74) is 0.894. The molecule has 0 atom stereocenters. The fraction of sp³-hybridized carbons (Fsp3) is 0.625. The fourth-order valence-electron chi connectivity index (χ4n) is 3.36. The lowest BCUT2D eigenvalue weighted by Crippen LogP contribution is -2.28. The van der Waals surface area contributed by atoms with Crippen molar-refractivity contribution in [1.82, 2.24) is 9.97 Å². The Balaban J connectivity index is 1.95. The number of anilines is 1. The number of aliphatic carboxylic acids is 1. The van der Waals surface area contributed by atoms with Crippen molar-refractivity contribution in [2.45, 2.75) is 81.7 Å². The van der Waals surface area contributed by atoms with Gasteiger partial charge in [0.1, 0.15) is 16.8 Å². The summed E-state index contributed by atoms with van der Waals surface area (Å²) < 4.78 is -0.192. The van der Waals surface area contributed by atoms with E-state index >= 15 is 0 Å². The predicted molar refractivity (Wildman–Crippen MR) is 139 cm³/mol. The summed E-state index contributed by atoms with van der Waals surface area (Å²) in [6.45, 7) is 9.37. The Kier molecular flexibility index (Phi) is 11.2. The molecule has 0 aliphatic rings. The Hall–Kier alpha value is -2.20. The molecule has 2 aromatic heterocycles. The molecule has 0 radical (unpaired) electrons. The molecule has 0 aromatic carbocycles. The number of hydrogen-bond donors (Lipinski definition) is 1. The highest BCUT2D eigenvalue weighted by atomic mass is 32.2. The summed E-state index contributed by atoms with van der Waals surface area (Å²) in [6.07, 6.45) is 9.18. The van der Waals surface area contributed by atoms with Crippen molar-refractivity contribution in [3.8, 4) is 0 Å². The van der Waals surface area contributed by atoms with Gasteiger partial charge < -0.3 is 10.0 Å². The Labute approximate surface area is 210 Å². The molecule has 2 rings (SSSR count). The van der Waals surface area contributed by atoms with E-state index in [0.29, 0.717) is 13.0 Å². The first-order valence-corrected chi connectivity index (χ1v) is 13.5. The molecular formula is C24H36N4O4S2. The Morgan fingerprint density at radius 1 is 1.21 bits per heavy atom. The molecule has 34 heavy (non-hydrogen) atoms. The summed E-state index contributed by atoms with van der Waals surface area (Å²) in [5, 5.41) is 22.3. The van der Waals surface area contributed by atoms with E-state index in [-0.39, 0.29) is 5.69 Å². The highest BCUT2D eigenvalue weighted by Gasteiger charge is 2.29. The van der Waals surface area contributed by atoms with E-state index in [1.807, 2.05) is 5.38 Å². The molecule has 2 aromatic rings. The van der Waals surface area contributed by atoms with Gasteiger partial charge in [0.2, 0.25) is 0 Å². The number of nitro groups is 1. The van der Waals surface area contributed by atoms with E-state index in [1.54, 1.807) is 19.9 Å². The number of carboxylic acid groups (broad SMARTS) is 1. The van der Waals surface area contributed by atoms with E-state index in [9.17, 15) is 20.0 Å². The van der Waals surface area contributed by atoms with Crippen molar-refractivity contribution < 1.29 is 14.8 Å². The van der Waals surface area contributed by atoms with Crippen LogP contribution in [-0.2, 0) is 11.2 Å². The van der Waals surface area contributed by atoms with Crippen molar-refractivity contribution in [3.63, 3.8) is 0 Å². The minimum absolute atomic E-state index is 0.0175. The maximum absolute atomic E-state index is 11.4. The van der Waals surface area contributed by atoms with Gasteiger partial charge in [-0.1, -0.05) is 57.7 Å². The third-order valence-corrected chi connectivity index (χ3v) is 7.67. The third-order valence-electron chi connectivity index (χ3n) is 5.50. The molecule has 188 valence electrons. The second-order valence-electron chi connectivity index (χ2n) is 9.34. The predicted octanol–water partition coefficient (Wildman–Crippen LogP) is 6.45. The number of carboxylic acids is 1. The zero-order chi connectivity index (χ0) is 25.1. The highest BCUT2D eigenvalue weighted by molar-refractivity contribution is 8.02. The molecule has 0 spiro atoms. The Morgan fingerprint density at radius 3 is 2.53 bits per heavy atom. The van der Waals surface area contributed by atoms with Gasteiger partial charge >= 0.3 is 5.97 Å². The summed E-state index contributed by atoms with van der Waals surface area (Å²) in [4.78, 5) is 33.0. The van der Waals surface area contributed by atoms with Crippen LogP contribution in [0.1, 0.15) is 71.9 Å². The normalized spacial score (nSPS) is 11.7. The summed E-state index contributed by atoms with van der Waals surface area (Å²) in [5.74, 6) is 0.611. The minimum atomic E-state index is -0.932. The molecule has 0 aliphatic heterocycles.